The Balaban J connectivity index is 3.17. The van der Waals surface area contributed by atoms with E-state index < -0.39 is 6.03 Å². The van der Waals surface area contributed by atoms with E-state index in [2.05, 4.69) is 42.4 Å². The Morgan fingerprint density at radius 1 is 1.53 bits per heavy atom. The molecular weight excluding hydrogens is 382 g/mol. The number of methoxy groups -OCH3 is 1. The number of halogens is 2. The zero-order valence-electron chi connectivity index (χ0n) is 10.4. The second kappa shape index (κ2) is 7.34. The molecule has 0 saturated carbocycles. The minimum absolute atomic E-state index is 0.512. The standard InChI is InChI=1S/C11H13Br2N3O3/c1-3-19-10-7(18-2)4-6(8(12)9(10)13)5-15-16-11(14)17/h4-5H,3H2,1-2H3,(H3,14,16,17)/b15-5+. The van der Waals surface area contributed by atoms with Gasteiger partial charge in [0.2, 0.25) is 0 Å². The average molecular weight is 395 g/mol. The van der Waals surface area contributed by atoms with E-state index in [9.17, 15) is 4.79 Å². The van der Waals surface area contributed by atoms with Gasteiger partial charge < -0.3 is 15.2 Å². The van der Waals surface area contributed by atoms with Gasteiger partial charge in [-0.15, -0.1) is 0 Å². The van der Waals surface area contributed by atoms with Gasteiger partial charge in [-0.25, -0.2) is 10.2 Å². The second-order valence-electron chi connectivity index (χ2n) is 3.29. The van der Waals surface area contributed by atoms with Crippen LogP contribution < -0.4 is 20.6 Å². The third-order valence-corrected chi connectivity index (χ3v) is 4.19. The largest absolute Gasteiger partial charge is 0.493 e. The van der Waals surface area contributed by atoms with Crippen LogP contribution in [0.15, 0.2) is 20.1 Å². The molecule has 0 unspecified atom stereocenters. The number of carbonyl (C=O) groups excluding carboxylic acids is 1. The molecule has 0 aliphatic rings. The minimum Gasteiger partial charge on any atom is -0.493 e. The number of hydrogen-bond acceptors (Lipinski definition) is 4. The Morgan fingerprint density at radius 3 is 2.74 bits per heavy atom. The van der Waals surface area contributed by atoms with Crippen LogP contribution in [0.4, 0.5) is 4.79 Å². The summed E-state index contributed by atoms with van der Waals surface area (Å²) in [5, 5.41) is 3.70. The van der Waals surface area contributed by atoms with Crippen molar-refractivity contribution in [2.75, 3.05) is 13.7 Å². The van der Waals surface area contributed by atoms with Crippen molar-refractivity contribution < 1.29 is 14.3 Å². The van der Waals surface area contributed by atoms with Crippen molar-refractivity contribution in [3.63, 3.8) is 0 Å². The van der Waals surface area contributed by atoms with E-state index in [1.165, 1.54) is 6.21 Å². The number of benzene rings is 1. The van der Waals surface area contributed by atoms with Gasteiger partial charge in [-0.3, -0.25) is 0 Å². The number of nitrogens with one attached hydrogen (secondary N) is 1. The van der Waals surface area contributed by atoms with E-state index in [0.717, 1.165) is 4.47 Å². The van der Waals surface area contributed by atoms with Crippen molar-refractivity contribution in [2.45, 2.75) is 6.92 Å². The maximum absolute atomic E-state index is 10.5. The normalized spacial score (nSPS) is 10.5. The topological polar surface area (TPSA) is 85.9 Å². The van der Waals surface area contributed by atoms with Gasteiger partial charge in [0.1, 0.15) is 0 Å². The SMILES string of the molecule is CCOc1c(OC)cc(/C=N/NC(N)=O)c(Br)c1Br. The van der Waals surface area contributed by atoms with Crippen LogP contribution in [-0.2, 0) is 0 Å². The zero-order valence-corrected chi connectivity index (χ0v) is 13.5. The van der Waals surface area contributed by atoms with E-state index in [1.807, 2.05) is 6.92 Å². The lowest BCUT2D eigenvalue weighted by Crippen LogP contribution is -2.24. The predicted octanol–water partition coefficient (Wildman–Crippen LogP) is 2.62. The highest BCUT2D eigenvalue weighted by atomic mass is 79.9. The lowest BCUT2D eigenvalue weighted by atomic mass is 10.2. The van der Waals surface area contributed by atoms with Crippen LogP contribution in [0.3, 0.4) is 0 Å². The highest BCUT2D eigenvalue weighted by Gasteiger charge is 2.15. The Labute approximate surface area is 127 Å². The molecule has 0 spiro atoms. The molecule has 0 aliphatic heterocycles. The van der Waals surface area contributed by atoms with Gasteiger partial charge in [0.15, 0.2) is 11.5 Å². The molecule has 1 aromatic carbocycles. The van der Waals surface area contributed by atoms with Gasteiger partial charge in [0, 0.05) is 10.0 Å². The van der Waals surface area contributed by atoms with Crippen LogP contribution in [0.5, 0.6) is 11.5 Å². The quantitative estimate of drug-likeness (QED) is 0.594. The molecule has 2 amide bonds. The van der Waals surface area contributed by atoms with Crippen molar-refractivity contribution in [1.29, 1.82) is 0 Å². The Kier molecular flexibility index (Phi) is 6.10. The number of ether oxygens (including phenoxy) is 2. The van der Waals surface area contributed by atoms with Crippen LogP contribution in [0.2, 0.25) is 0 Å². The smallest absolute Gasteiger partial charge is 0.332 e. The molecule has 1 rings (SSSR count). The number of amides is 2. The maximum atomic E-state index is 10.5. The summed E-state index contributed by atoms with van der Waals surface area (Å²) in [7, 11) is 1.54. The molecule has 104 valence electrons. The highest BCUT2D eigenvalue weighted by Crippen LogP contribution is 2.42. The zero-order chi connectivity index (χ0) is 14.4. The van der Waals surface area contributed by atoms with Crippen molar-refractivity contribution in [3.8, 4) is 11.5 Å². The van der Waals surface area contributed by atoms with E-state index >= 15 is 0 Å². The maximum Gasteiger partial charge on any atom is 0.332 e. The van der Waals surface area contributed by atoms with Crippen LogP contribution in [0, 0.1) is 0 Å². The molecule has 8 heteroatoms. The minimum atomic E-state index is -0.732. The molecule has 0 fully saturated rings. The van der Waals surface area contributed by atoms with Crippen molar-refractivity contribution in [3.05, 3.63) is 20.6 Å². The van der Waals surface area contributed by atoms with Gasteiger partial charge >= 0.3 is 6.03 Å². The summed E-state index contributed by atoms with van der Waals surface area (Å²) in [5.74, 6) is 1.15. The summed E-state index contributed by atoms with van der Waals surface area (Å²) in [4.78, 5) is 10.5. The molecule has 0 radical (unpaired) electrons. The summed E-state index contributed by atoms with van der Waals surface area (Å²) >= 11 is 6.83. The van der Waals surface area contributed by atoms with Gasteiger partial charge in [0.25, 0.3) is 0 Å². The van der Waals surface area contributed by atoms with Gasteiger partial charge in [-0.05, 0) is 44.8 Å². The number of hydrazone groups is 1. The van der Waals surface area contributed by atoms with Crippen molar-refractivity contribution in [1.82, 2.24) is 5.43 Å². The molecule has 6 nitrogen and oxygen atoms in total. The lowest BCUT2D eigenvalue weighted by molar-refractivity contribution is 0.249. The first-order valence-corrected chi connectivity index (χ1v) is 6.87. The molecule has 3 N–H and O–H groups in total. The van der Waals surface area contributed by atoms with Crippen LogP contribution >= 0.6 is 31.9 Å². The Hall–Kier alpha value is -1.28. The average Bonchev–Trinajstić information content (AvgIpc) is 2.37. The van der Waals surface area contributed by atoms with Gasteiger partial charge in [-0.1, -0.05) is 0 Å². The van der Waals surface area contributed by atoms with Crippen molar-refractivity contribution in [2.24, 2.45) is 10.8 Å². The van der Waals surface area contributed by atoms with E-state index in [4.69, 9.17) is 15.2 Å². The van der Waals surface area contributed by atoms with E-state index in [1.54, 1.807) is 13.2 Å². The molecular formula is C11H13Br2N3O3. The molecule has 19 heavy (non-hydrogen) atoms. The van der Waals surface area contributed by atoms with Gasteiger partial charge in [0.05, 0.1) is 24.4 Å². The monoisotopic (exact) mass is 393 g/mol. The molecule has 0 saturated heterocycles. The van der Waals surface area contributed by atoms with Crippen LogP contribution in [-0.4, -0.2) is 26.0 Å². The summed E-state index contributed by atoms with van der Waals surface area (Å²) in [6, 6.07) is 0.996. The first kappa shape index (κ1) is 15.8. The number of hydrogen-bond donors (Lipinski definition) is 2. The molecule has 1 aromatic rings. The molecule has 0 atom stereocenters. The number of primary amides is 1. The number of urea groups is 1. The van der Waals surface area contributed by atoms with E-state index in [0.29, 0.717) is 28.1 Å². The molecule has 0 aliphatic carbocycles. The lowest BCUT2D eigenvalue weighted by Gasteiger charge is -2.14. The fourth-order valence-electron chi connectivity index (χ4n) is 1.29. The van der Waals surface area contributed by atoms with Crippen molar-refractivity contribution >= 4 is 44.1 Å². The number of nitrogens with zero attached hydrogens (tertiary/aromatic N) is 1. The second-order valence-corrected chi connectivity index (χ2v) is 4.88. The molecule has 0 bridgehead atoms. The fourth-order valence-corrected chi connectivity index (χ4v) is 2.23. The molecule has 0 aromatic heterocycles. The Bertz CT molecular complexity index is 506. The first-order valence-electron chi connectivity index (χ1n) is 5.28. The predicted molar refractivity (Wildman–Crippen MR) is 79.9 cm³/mol. The fraction of sp³-hybridized carbons (Fsp3) is 0.273. The first-order chi connectivity index (χ1) is 9.01. The Morgan fingerprint density at radius 2 is 2.21 bits per heavy atom. The summed E-state index contributed by atoms with van der Waals surface area (Å²) < 4.78 is 12.2. The number of carbonyl (C=O) groups is 1. The summed E-state index contributed by atoms with van der Waals surface area (Å²) in [6.07, 6.45) is 1.44. The molecule has 0 heterocycles. The number of nitrogens with two attached hydrogens (primary N) is 1. The third-order valence-electron chi connectivity index (χ3n) is 2.04. The summed E-state index contributed by atoms with van der Waals surface area (Å²) in [5.41, 5.74) is 7.73. The van der Waals surface area contributed by atoms with Gasteiger partial charge in [-0.2, -0.15) is 5.10 Å². The summed E-state index contributed by atoms with van der Waals surface area (Å²) in [6.45, 7) is 2.39. The van der Waals surface area contributed by atoms with E-state index in [-0.39, 0.29) is 0 Å². The van der Waals surface area contributed by atoms with Crippen LogP contribution in [0.25, 0.3) is 0 Å². The number of rotatable bonds is 5. The van der Waals surface area contributed by atoms with Crippen LogP contribution in [0.1, 0.15) is 12.5 Å². The highest BCUT2D eigenvalue weighted by molar-refractivity contribution is 9.13. The third kappa shape index (κ3) is 4.10.